The number of hydrogen-bond acceptors (Lipinski definition) is 3. The molecule has 20 heavy (non-hydrogen) atoms. The molecule has 0 aliphatic heterocycles. The first-order valence-corrected chi connectivity index (χ1v) is 6.65. The van der Waals surface area contributed by atoms with Crippen LogP contribution in [0.3, 0.4) is 0 Å². The van der Waals surface area contributed by atoms with Gasteiger partial charge in [-0.1, -0.05) is 12.1 Å². The van der Waals surface area contributed by atoms with Crippen molar-refractivity contribution in [2.45, 2.75) is 26.8 Å². The van der Waals surface area contributed by atoms with Crippen LogP contribution in [0.25, 0.3) is 0 Å². The molecule has 4 heteroatoms. The van der Waals surface area contributed by atoms with Gasteiger partial charge in [-0.3, -0.25) is 4.79 Å². The SMILES string of the molecule is Cc1cccc(NC(=O)c2ccc(NC(C)C)cn2)c1. The molecule has 0 bridgehead atoms. The molecule has 0 aliphatic carbocycles. The minimum atomic E-state index is -0.202. The lowest BCUT2D eigenvalue weighted by Crippen LogP contribution is -2.14. The molecule has 1 amide bonds. The number of carbonyl (C=O) groups excluding carboxylic acids is 1. The molecular weight excluding hydrogens is 250 g/mol. The molecular formula is C16H19N3O. The largest absolute Gasteiger partial charge is 0.382 e. The third-order valence-electron chi connectivity index (χ3n) is 2.73. The second-order valence-corrected chi connectivity index (χ2v) is 5.05. The molecule has 4 nitrogen and oxygen atoms in total. The number of nitrogens with one attached hydrogen (secondary N) is 2. The highest BCUT2D eigenvalue weighted by Gasteiger charge is 2.07. The van der Waals surface area contributed by atoms with Gasteiger partial charge in [0, 0.05) is 11.7 Å². The molecule has 0 spiro atoms. The Bertz CT molecular complexity index is 591. The summed E-state index contributed by atoms with van der Waals surface area (Å²) >= 11 is 0. The Morgan fingerprint density at radius 1 is 1.15 bits per heavy atom. The average Bonchev–Trinajstić information content (AvgIpc) is 2.38. The molecule has 2 N–H and O–H groups in total. The van der Waals surface area contributed by atoms with Crippen molar-refractivity contribution in [3.63, 3.8) is 0 Å². The van der Waals surface area contributed by atoms with Crippen LogP contribution >= 0.6 is 0 Å². The number of pyridine rings is 1. The summed E-state index contributed by atoms with van der Waals surface area (Å²) in [7, 11) is 0. The van der Waals surface area contributed by atoms with Crippen LogP contribution in [0.4, 0.5) is 11.4 Å². The lowest BCUT2D eigenvalue weighted by atomic mass is 10.2. The first-order chi connectivity index (χ1) is 9.54. The smallest absolute Gasteiger partial charge is 0.274 e. The zero-order chi connectivity index (χ0) is 14.5. The minimum Gasteiger partial charge on any atom is -0.382 e. The maximum Gasteiger partial charge on any atom is 0.274 e. The summed E-state index contributed by atoms with van der Waals surface area (Å²) in [6.45, 7) is 6.09. The first kappa shape index (κ1) is 14.1. The van der Waals surface area contributed by atoms with Gasteiger partial charge < -0.3 is 10.6 Å². The maximum atomic E-state index is 12.1. The fourth-order valence-corrected chi connectivity index (χ4v) is 1.86. The van der Waals surface area contributed by atoms with E-state index < -0.39 is 0 Å². The Hall–Kier alpha value is -2.36. The Kier molecular flexibility index (Phi) is 4.35. The summed E-state index contributed by atoms with van der Waals surface area (Å²) in [6, 6.07) is 11.6. The van der Waals surface area contributed by atoms with E-state index in [1.165, 1.54) is 0 Å². The summed E-state index contributed by atoms with van der Waals surface area (Å²) in [5, 5.41) is 6.07. The summed E-state index contributed by atoms with van der Waals surface area (Å²) in [5.74, 6) is -0.202. The van der Waals surface area contributed by atoms with Gasteiger partial charge in [-0.05, 0) is 50.6 Å². The highest BCUT2D eigenvalue weighted by atomic mass is 16.1. The topological polar surface area (TPSA) is 54.0 Å². The van der Waals surface area contributed by atoms with Crippen LogP contribution in [0.1, 0.15) is 29.9 Å². The summed E-state index contributed by atoms with van der Waals surface area (Å²) in [5.41, 5.74) is 3.20. The van der Waals surface area contributed by atoms with Crippen molar-refractivity contribution in [2.75, 3.05) is 10.6 Å². The minimum absolute atomic E-state index is 0.202. The first-order valence-electron chi connectivity index (χ1n) is 6.65. The Labute approximate surface area is 119 Å². The van der Waals surface area contributed by atoms with Gasteiger partial charge in [-0.2, -0.15) is 0 Å². The van der Waals surface area contributed by atoms with Crippen LogP contribution < -0.4 is 10.6 Å². The van der Waals surface area contributed by atoms with Crippen LogP contribution in [-0.2, 0) is 0 Å². The van der Waals surface area contributed by atoms with Crippen molar-refractivity contribution in [3.8, 4) is 0 Å². The summed E-state index contributed by atoms with van der Waals surface area (Å²) < 4.78 is 0. The zero-order valence-electron chi connectivity index (χ0n) is 12.0. The number of amides is 1. The lowest BCUT2D eigenvalue weighted by molar-refractivity contribution is 0.102. The number of rotatable bonds is 4. The number of aromatic nitrogens is 1. The third kappa shape index (κ3) is 3.82. The number of aryl methyl sites for hydroxylation is 1. The molecule has 0 radical (unpaired) electrons. The Morgan fingerprint density at radius 3 is 2.55 bits per heavy atom. The predicted octanol–water partition coefficient (Wildman–Crippen LogP) is 3.46. The van der Waals surface area contributed by atoms with Crippen LogP contribution in [0, 0.1) is 6.92 Å². The molecule has 0 aliphatic rings. The normalized spacial score (nSPS) is 10.4. The molecule has 0 saturated heterocycles. The maximum absolute atomic E-state index is 12.1. The summed E-state index contributed by atoms with van der Waals surface area (Å²) in [6.07, 6.45) is 1.67. The van der Waals surface area contributed by atoms with Crippen molar-refractivity contribution in [3.05, 3.63) is 53.9 Å². The molecule has 0 unspecified atom stereocenters. The van der Waals surface area contributed by atoms with E-state index in [1.807, 2.05) is 37.3 Å². The Morgan fingerprint density at radius 2 is 1.95 bits per heavy atom. The molecule has 0 saturated carbocycles. The van der Waals surface area contributed by atoms with E-state index in [9.17, 15) is 4.79 Å². The van der Waals surface area contributed by atoms with E-state index in [0.29, 0.717) is 11.7 Å². The van der Waals surface area contributed by atoms with Crippen LogP contribution in [-0.4, -0.2) is 16.9 Å². The lowest BCUT2D eigenvalue weighted by Gasteiger charge is -2.10. The van der Waals surface area contributed by atoms with Gasteiger partial charge in [0.15, 0.2) is 0 Å². The Balaban J connectivity index is 2.06. The highest BCUT2D eigenvalue weighted by molar-refractivity contribution is 6.02. The molecule has 0 atom stereocenters. The van der Waals surface area contributed by atoms with Crippen molar-refractivity contribution >= 4 is 17.3 Å². The number of anilines is 2. The quantitative estimate of drug-likeness (QED) is 0.893. The molecule has 2 aromatic rings. The number of carbonyl (C=O) groups is 1. The number of hydrogen-bond donors (Lipinski definition) is 2. The molecule has 1 heterocycles. The van der Waals surface area contributed by atoms with Crippen molar-refractivity contribution in [2.24, 2.45) is 0 Å². The van der Waals surface area contributed by atoms with E-state index in [2.05, 4.69) is 29.5 Å². The summed E-state index contributed by atoms with van der Waals surface area (Å²) in [4.78, 5) is 16.2. The number of nitrogens with zero attached hydrogens (tertiary/aromatic N) is 1. The zero-order valence-corrected chi connectivity index (χ0v) is 12.0. The fraction of sp³-hybridized carbons (Fsp3) is 0.250. The van der Waals surface area contributed by atoms with Gasteiger partial charge in [-0.25, -0.2) is 4.98 Å². The van der Waals surface area contributed by atoms with Gasteiger partial charge >= 0.3 is 0 Å². The average molecular weight is 269 g/mol. The molecule has 1 aromatic carbocycles. The van der Waals surface area contributed by atoms with Crippen LogP contribution in [0.15, 0.2) is 42.6 Å². The van der Waals surface area contributed by atoms with Gasteiger partial charge in [0.05, 0.1) is 11.9 Å². The second kappa shape index (κ2) is 6.19. The van der Waals surface area contributed by atoms with E-state index in [0.717, 1.165) is 16.9 Å². The van der Waals surface area contributed by atoms with Gasteiger partial charge in [0.2, 0.25) is 0 Å². The van der Waals surface area contributed by atoms with Crippen molar-refractivity contribution in [1.29, 1.82) is 0 Å². The molecule has 2 rings (SSSR count). The van der Waals surface area contributed by atoms with E-state index >= 15 is 0 Å². The molecule has 104 valence electrons. The van der Waals surface area contributed by atoms with Gasteiger partial charge in [0.25, 0.3) is 5.91 Å². The fourth-order valence-electron chi connectivity index (χ4n) is 1.86. The van der Waals surface area contributed by atoms with Crippen LogP contribution in [0.2, 0.25) is 0 Å². The standard InChI is InChI=1S/C16H19N3O/c1-11(2)18-14-7-8-15(17-10-14)16(20)19-13-6-4-5-12(3)9-13/h4-11,18H,1-3H3,(H,19,20). The van der Waals surface area contributed by atoms with Crippen LogP contribution in [0.5, 0.6) is 0 Å². The molecule has 0 fully saturated rings. The van der Waals surface area contributed by atoms with E-state index in [4.69, 9.17) is 0 Å². The predicted molar refractivity (Wildman–Crippen MR) is 82.1 cm³/mol. The van der Waals surface area contributed by atoms with Gasteiger partial charge in [-0.15, -0.1) is 0 Å². The number of benzene rings is 1. The van der Waals surface area contributed by atoms with E-state index in [-0.39, 0.29) is 5.91 Å². The van der Waals surface area contributed by atoms with Crippen molar-refractivity contribution in [1.82, 2.24) is 4.98 Å². The monoisotopic (exact) mass is 269 g/mol. The highest BCUT2D eigenvalue weighted by Crippen LogP contribution is 2.12. The van der Waals surface area contributed by atoms with E-state index in [1.54, 1.807) is 12.3 Å². The third-order valence-corrected chi connectivity index (χ3v) is 2.73. The second-order valence-electron chi connectivity index (χ2n) is 5.05. The van der Waals surface area contributed by atoms with Gasteiger partial charge in [0.1, 0.15) is 5.69 Å². The van der Waals surface area contributed by atoms with Crippen molar-refractivity contribution < 1.29 is 4.79 Å². The molecule has 1 aromatic heterocycles.